The molecule has 2 saturated heterocycles. The Morgan fingerprint density at radius 3 is 2.76 bits per heavy atom. The van der Waals surface area contributed by atoms with Gasteiger partial charge in [-0.2, -0.15) is 0 Å². The molecule has 0 radical (unpaired) electrons. The van der Waals surface area contributed by atoms with E-state index in [2.05, 4.69) is 29.4 Å². The number of amides is 2. The molecule has 2 fully saturated rings. The molecule has 0 aromatic rings. The summed E-state index contributed by atoms with van der Waals surface area (Å²) >= 11 is 0. The van der Waals surface area contributed by atoms with Gasteiger partial charge in [0.1, 0.15) is 0 Å². The predicted molar refractivity (Wildman–Crippen MR) is 64.4 cm³/mol. The third kappa shape index (κ3) is 3.04. The molecule has 0 saturated carbocycles. The molecule has 96 valence electrons. The number of rotatable bonds is 4. The number of carbonyl (C=O) groups excluding carboxylic acids is 2. The Hall–Kier alpha value is -0.940. The lowest BCUT2D eigenvalue weighted by Gasteiger charge is -2.20. The van der Waals surface area contributed by atoms with Gasteiger partial charge in [-0.3, -0.25) is 14.9 Å². The van der Waals surface area contributed by atoms with Gasteiger partial charge in [0.05, 0.1) is 12.5 Å². The third-order valence-corrected chi connectivity index (χ3v) is 3.67. The molecule has 2 aliphatic heterocycles. The molecule has 0 aliphatic carbocycles. The average molecular weight is 239 g/mol. The molecule has 2 unspecified atom stereocenters. The number of nitrogens with zero attached hydrogens (tertiary/aromatic N) is 1. The quantitative estimate of drug-likeness (QED) is 0.663. The van der Waals surface area contributed by atoms with Crippen molar-refractivity contribution >= 4 is 11.8 Å². The minimum atomic E-state index is -0.310. The fraction of sp³-hybridized carbons (Fsp3) is 0.833. The predicted octanol–water partition coefficient (Wildman–Crippen LogP) is -0.279. The highest BCUT2D eigenvalue weighted by Gasteiger charge is 2.31. The molecule has 0 aromatic heterocycles. The first-order chi connectivity index (χ1) is 8.06. The lowest BCUT2D eigenvalue weighted by Crippen LogP contribution is -2.39. The van der Waals surface area contributed by atoms with Crippen LogP contribution < -0.4 is 10.6 Å². The lowest BCUT2D eigenvalue weighted by molar-refractivity contribution is -0.125. The van der Waals surface area contributed by atoms with E-state index >= 15 is 0 Å². The van der Waals surface area contributed by atoms with Crippen molar-refractivity contribution in [2.45, 2.75) is 38.8 Å². The van der Waals surface area contributed by atoms with Gasteiger partial charge in [0.25, 0.3) is 0 Å². The molecule has 2 N–H and O–H groups in total. The second kappa shape index (κ2) is 5.14. The number of likely N-dealkylation sites (tertiary alicyclic amines) is 1. The Kier molecular flexibility index (Phi) is 3.79. The fourth-order valence-electron chi connectivity index (χ4n) is 2.53. The summed E-state index contributed by atoms with van der Waals surface area (Å²) < 4.78 is 0. The number of hydrogen-bond donors (Lipinski definition) is 2. The zero-order valence-corrected chi connectivity index (χ0v) is 10.5. The molecule has 2 amide bonds. The summed E-state index contributed by atoms with van der Waals surface area (Å²) in [6.07, 6.45) is 1.47. The second-order valence-corrected chi connectivity index (χ2v) is 5.32. The fourth-order valence-corrected chi connectivity index (χ4v) is 2.53. The van der Waals surface area contributed by atoms with E-state index in [1.54, 1.807) is 0 Å². The lowest BCUT2D eigenvalue weighted by atomic mass is 10.1. The molecule has 2 heterocycles. The Balaban J connectivity index is 1.73. The van der Waals surface area contributed by atoms with E-state index in [9.17, 15) is 9.59 Å². The molecule has 5 heteroatoms. The summed E-state index contributed by atoms with van der Waals surface area (Å²) in [7, 11) is 0. The van der Waals surface area contributed by atoms with E-state index in [4.69, 9.17) is 0 Å². The van der Waals surface area contributed by atoms with Crippen LogP contribution in [0.3, 0.4) is 0 Å². The van der Waals surface area contributed by atoms with Gasteiger partial charge in [-0.1, -0.05) is 0 Å². The van der Waals surface area contributed by atoms with Gasteiger partial charge in [-0.05, 0) is 39.3 Å². The van der Waals surface area contributed by atoms with Gasteiger partial charge in [0.15, 0.2) is 0 Å². The molecule has 2 atom stereocenters. The number of imide groups is 1. The number of hydrogen-bond acceptors (Lipinski definition) is 4. The Morgan fingerprint density at radius 1 is 1.47 bits per heavy atom. The number of nitrogens with one attached hydrogen (secondary N) is 2. The molecule has 5 nitrogen and oxygen atoms in total. The molecular weight excluding hydrogens is 218 g/mol. The molecule has 0 aromatic carbocycles. The van der Waals surface area contributed by atoms with Crippen LogP contribution in [0.2, 0.25) is 0 Å². The molecule has 2 rings (SSSR count). The zero-order valence-electron chi connectivity index (χ0n) is 10.5. The third-order valence-electron chi connectivity index (χ3n) is 3.67. The summed E-state index contributed by atoms with van der Waals surface area (Å²) in [5.74, 6) is 0.261. The van der Waals surface area contributed by atoms with Crippen molar-refractivity contribution in [2.24, 2.45) is 5.92 Å². The minimum Gasteiger partial charge on any atom is -0.305 e. The molecule has 17 heavy (non-hydrogen) atoms. The Bertz CT molecular complexity index is 317. The van der Waals surface area contributed by atoms with Gasteiger partial charge in [-0.25, -0.2) is 0 Å². The van der Waals surface area contributed by atoms with Gasteiger partial charge >= 0.3 is 0 Å². The van der Waals surface area contributed by atoms with Crippen molar-refractivity contribution in [3.63, 3.8) is 0 Å². The van der Waals surface area contributed by atoms with Crippen molar-refractivity contribution < 1.29 is 9.59 Å². The van der Waals surface area contributed by atoms with Crippen LogP contribution in [0.15, 0.2) is 0 Å². The first-order valence-corrected chi connectivity index (χ1v) is 6.37. The van der Waals surface area contributed by atoms with E-state index < -0.39 is 0 Å². The van der Waals surface area contributed by atoms with Crippen LogP contribution in [-0.4, -0.2) is 48.4 Å². The SMILES string of the molecule is CC(C)N1CCC(CNC2CC(=O)NC2=O)C1. The van der Waals surface area contributed by atoms with Crippen LogP contribution in [0.1, 0.15) is 26.7 Å². The summed E-state index contributed by atoms with van der Waals surface area (Å²) in [6.45, 7) is 7.47. The van der Waals surface area contributed by atoms with Crippen molar-refractivity contribution in [3.8, 4) is 0 Å². The average Bonchev–Trinajstić information content (AvgIpc) is 2.82. The van der Waals surface area contributed by atoms with E-state index in [0.29, 0.717) is 18.4 Å². The van der Waals surface area contributed by atoms with Crippen LogP contribution in [0.4, 0.5) is 0 Å². The molecule has 2 aliphatic rings. The summed E-state index contributed by atoms with van der Waals surface area (Å²) in [4.78, 5) is 24.8. The summed E-state index contributed by atoms with van der Waals surface area (Å²) in [6, 6.07) is 0.284. The van der Waals surface area contributed by atoms with Crippen molar-refractivity contribution in [2.75, 3.05) is 19.6 Å². The highest BCUT2D eigenvalue weighted by Crippen LogP contribution is 2.18. The van der Waals surface area contributed by atoms with E-state index in [1.807, 2.05) is 0 Å². The Morgan fingerprint density at radius 2 is 2.24 bits per heavy atom. The van der Waals surface area contributed by atoms with Crippen molar-refractivity contribution in [1.29, 1.82) is 0 Å². The molecule has 0 bridgehead atoms. The maximum Gasteiger partial charge on any atom is 0.244 e. The van der Waals surface area contributed by atoms with E-state index in [-0.39, 0.29) is 17.9 Å². The highest BCUT2D eigenvalue weighted by molar-refractivity contribution is 6.05. The molecule has 0 spiro atoms. The maximum atomic E-state index is 11.4. The zero-order chi connectivity index (χ0) is 12.4. The minimum absolute atomic E-state index is 0.164. The second-order valence-electron chi connectivity index (χ2n) is 5.32. The largest absolute Gasteiger partial charge is 0.305 e. The van der Waals surface area contributed by atoms with E-state index in [0.717, 1.165) is 19.6 Å². The molecular formula is C12H21N3O2. The monoisotopic (exact) mass is 239 g/mol. The number of carbonyl (C=O) groups is 2. The van der Waals surface area contributed by atoms with Crippen LogP contribution in [0, 0.1) is 5.92 Å². The summed E-state index contributed by atoms with van der Waals surface area (Å²) in [5, 5.41) is 5.52. The standard InChI is InChI=1S/C12H21N3O2/c1-8(2)15-4-3-9(7-15)6-13-10-5-11(16)14-12(10)17/h8-10,13H,3-7H2,1-2H3,(H,14,16,17). The van der Waals surface area contributed by atoms with Gasteiger partial charge in [-0.15, -0.1) is 0 Å². The Labute approximate surface area is 102 Å². The van der Waals surface area contributed by atoms with Crippen LogP contribution in [0.25, 0.3) is 0 Å². The van der Waals surface area contributed by atoms with Crippen LogP contribution in [-0.2, 0) is 9.59 Å². The normalized spacial score (nSPS) is 30.3. The van der Waals surface area contributed by atoms with Crippen LogP contribution >= 0.6 is 0 Å². The van der Waals surface area contributed by atoms with Gasteiger partial charge in [0, 0.05) is 12.6 Å². The van der Waals surface area contributed by atoms with Crippen molar-refractivity contribution in [3.05, 3.63) is 0 Å². The maximum absolute atomic E-state index is 11.4. The van der Waals surface area contributed by atoms with Gasteiger partial charge < -0.3 is 10.2 Å². The van der Waals surface area contributed by atoms with E-state index in [1.165, 1.54) is 6.42 Å². The van der Waals surface area contributed by atoms with Crippen LogP contribution in [0.5, 0.6) is 0 Å². The van der Waals surface area contributed by atoms with Crippen molar-refractivity contribution in [1.82, 2.24) is 15.5 Å². The first-order valence-electron chi connectivity index (χ1n) is 6.37. The summed E-state index contributed by atoms with van der Waals surface area (Å²) in [5.41, 5.74) is 0. The smallest absolute Gasteiger partial charge is 0.244 e. The first kappa shape index (κ1) is 12.5. The highest BCUT2D eigenvalue weighted by atomic mass is 16.2. The topological polar surface area (TPSA) is 61.4 Å². The van der Waals surface area contributed by atoms with Gasteiger partial charge in [0.2, 0.25) is 11.8 Å².